The van der Waals surface area contributed by atoms with E-state index in [4.69, 9.17) is 5.11 Å². The summed E-state index contributed by atoms with van der Waals surface area (Å²) in [6.07, 6.45) is 0.0760. The molecule has 3 nitrogen and oxygen atoms in total. The van der Waals surface area contributed by atoms with E-state index in [9.17, 15) is 18.0 Å². The van der Waals surface area contributed by atoms with Gasteiger partial charge in [-0.15, -0.1) is 0 Å². The van der Waals surface area contributed by atoms with Gasteiger partial charge in [0.1, 0.15) is 0 Å². The van der Waals surface area contributed by atoms with Crippen LogP contribution in [0.4, 0.5) is 18.9 Å². The average Bonchev–Trinajstić information content (AvgIpc) is 3.10. The van der Waals surface area contributed by atoms with Gasteiger partial charge >= 0.3 is 12.1 Å². The predicted molar refractivity (Wildman–Crippen MR) is 95.9 cm³/mol. The van der Waals surface area contributed by atoms with E-state index in [1.54, 1.807) is 18.2 Å². The zero-order valence-corrected chi connectivity index (χ0v) is 14.5. The number of carboxylic acid groups (broad SMARTS) is 1. The molecule has 3 atom stereocenters. The predicted octanol–water partition coefficient (Wildman–Crippen LogP) is 5.54. The maximum atomic E-state index is 13.7. The molecule has 1 heterocycles. The Bertz CT molecular complexity index is 932. The molecule has 0 bridgehead atoms. The summed E-state index contributed by atoms with van der Waals surface area (Å²) in [6.45, 7) is 1.49. The summed E-state index contributed by atoms with van der Waals surface area (Å²) in [5.74, 6) is -1.37. The van der Waals surface area contributed by atoms with Crippen LogP contribution in [0.25, 0.3) is 0 Å². The van der Waals surface area contributed by atoms with Crippen molar-refractivity contribution < 1.29 is 23.1 Å². The quantitative estimate of drug-likeness (QED) is 0.680. The molecule has 0 radical (unpaired) electrons. The standard InChI is InChI=1S/C21H18F3NO2/c1-11-5-10-16-17(18(11)21(22,23)24)14-3-2-4-15(14)19(25-16)12-6-8-13(9-7-12)20(26)27/h2-3,5-10,14-15,19,25H,4H2,1H3,(H,26,27)/t14-,15+,19+/m1/s1. The van der Waals surface area contributed by atoms with Crippen LogP contribution in [0, 0.1) is 12.8 Å². The Labute approximate surface area is 154 Å². The molecule has 140 valence electrons. The molecule has 0 spiro atoms. The third-order valence-electron chi connectivity index (χ3n) is 5.54. The van der Waals surface area contributed by atoms with Crippen LogP contribution < -0.4 is 5.32 Å². The van der Waals surface area contributed by atoms with Crippen LogP contribution in [0.3, 0.4) is 0 Å². The molecule has 0 saturated heterocycles. The number of aromatic carboxylic acids is 1. The molecule has 0 fully saturated rings. The Hall–Kier alpha value is -2.76. The first kappa shape index (κ1) is 17.6. The smallest absolute Gasteiger partial charge is 0.417 e. The van der Waals surface area contributed by atoms with Gasteiger partial charge in [-0.2, -0.15) is 13.2 Å². The van der Waals surface area contributed by atoms with Crippen LogP contribution in [-0.2, 0) is 6.18 Å². The fourth-order valence-electron chi connectivity index (χ4n) is 4.34. The molecule has 0 saturated carbocycles. The molecule has 0 unspecified atom stereocenters. The zero-order chi connectivity index (χ0) is 19.3. The lowest BCUT2D eigenvalue weighted by Gasteiger charge is -2.39. The largest absolute Gasteiger partial charge is 0.478 e. The van der Waals surface area contributed by atoms with E-state index in [0.29, 0.717) is 17.7 Å². The van der Waals surface area contributed by atoms with Gasteiger partial charge in [0.05, 0.1) is 17.2 Å². The number of nitrogens with one attached hydrogen (secondary N) is 1. The van der Waals surface area contributed by atoms with Crippen LogP contribution in [0.15, 0.2) is 48.6 Å². The highest BCUT2D eigenvalue weighted by atomic mass is 19.4. The van der Waals surface area contributed by atoms with E-state index in [0.717, 1.165) is 5.56 Å². The fourth-order valence-corrected chi connectivity index (χ4v) is 4.34. The van der Waals surface area contributed by atoms with Crippen molar-refractivity contribution >= 4 is 11.7 Å². The van der Waals surface area contributed by atoms with Gasteiger partial charge in [0.2, 0.25) is 0 Å². The second kappa shape index (κ2) is 6.15. The Morgan fingerprint density at radius 1 is 1.15 bits per heavy atom. The minimum Gasteiger partial charge on any atom is -0.478 e. The monoisotopic (exact) mass is 373 g/mol. The highest BCUT2D eigenvalue weighted by molar-refractivity contribution is 5.87. The number of aryl methyl sites for hydroxylation is 1. The fraction of sp³-hybridized carbons (Fsp3) is 0.286. The molecule has 6 heteroatoms. The number of rotatable bonds is 2. The number of allylic oxidation sites excluding steroid dienone is 2. The second-order valence-corrected chi connectivity index (χ2v) is 7.12. The Kier molecular flexibility index (Phi) is 4.02. The second-order valence-electron chi connectivity index (χ2n) is 7.12. The molecule has 1 aliphatic heterocycles. The number of anilines is 1. The normalized spacial score (nSPS) is 23.5. The first-order valence-corrected chi connectivity index (χ1v) is 8.74. The van der Waals surface area contributed by atoms with Crippen LogP contribution in [0.1, 0.15) is 51.0 Å². The van der Waals surface area contributed by atoms with Gasteiger partial charge < -0.3 is 10.4 Å². The van der Waals surface area contributed by atoms with Crippen molar-refractivity contribution in [3.05, 3.63) is 76.4 Å². The number of hydrogen-bond acceptors (Lipinski definition) is 2. The summed E-state index contributed by atoms with van der Waals surface area (Å²) in [7, 11) is 0. The summed E-state index contributed by atoms with van der Waals surface area (Å²) in [6, 6.07) is 9.56. The summed E-state index contributed by atoms with van der Waals surface area (Å²) in [5, 5.41) is 12.4. The third-order valence-corrected chi connectivity index (χ3v) is 5.54. The van der Waals surface area contributed by atoms with Gasteiger partial charge in [-0.3, -0.25) is 0 Å². The van der Waals surface area contributed by atoms with E-state index in [-0.39, 0.29) is 29.0 Å². The maximum Gasteiger partial charge on any atom is 0.417 e. The summed E-state index contributed by atoms with van der Waals surface area (Å²) in [4.78, 5) is 11.1. The first-order chi connectivity index (χ1) is 12.8. The Morgan fingerprint density at radius 2 is 1.85 bits per heavy atom. The molecular weight excluding hydrogens is 355 g/mol. The number of hydrogen-bond donors (Lipinski definition) is 2. The van der Waals surface area contributed by atoms with Crippen molar-refractivity contribution in [2.75, 3.05) is 5.32 Å². The number of alkyl halides is 3. The summed E-state index contributed by atoms with van der Waals surface area (Å²) in [5.41, 5.74) is 1.55. The van der Waals surface area contributed by atoms with Crippen molar-refractivity contribution in [1.29, 1.82) is 0 Å². The van der Waals surface area contributed by atoms with E-state index in [2.05, 4.69) is 5.32 Å². The van der Waals surface area contributed by atoms with Crippen molar-refractivity contribution in [3.63, 3.8) is 0 Å². The molecule has 2 aliphatic rings. The molecule has 4 rings (SSSR count). The third kappa shape index (κ3) is 2.89. The van der Waals surface area contributed by atoms with E-state index in [1.165, 1.54) is 25.1 Å². The van der Waals surface area contributed by atoms with Gasteiger partial charge in [0, 0.05) is 11.6 Å². The number of fused-ring (bicyclic) bond motifs is 3. The summed E-state index contributed by atoms with van der Waals surface area (Å²) >= 11 is 0. The molecule has 0 amide bonds. The first-order valence-electron chi connectivity index (χ1n) is 8.74. The van der Waals surface area contributed by atoms with Gasteiger partial charge in [-0.05, 0) is 54.2 Å². The van der Waals surface area contributed by atoms with Crippen molar-refractivity contribution in [3.8, 4) is 0 Å². The minimum absolute atomic E-state index is 0.0453. The van der Waals surface area contributed by atoms with Crippen molar-refractivity contribution in [1.82, 2.24) is 0 Å². The van der Waals surface area contributed by atoms with Crippen LogP contribution in [0.5, 0.6) is 0 Å². The topological polar surface area (TPSA) is 49.3 Å². The Morgan fingerprint density at radius 3 is 2.48 bits per heavy atom. The van der Waals surface area contributed by atoms with Gasteiger partial charge in [0.25, 0.3) is 0 Å². The Balaban J connectivity index is 1.80. The van der Waals surface area contributed by atoms with E-state index >= 15 is 0 Å². The lowest BCUT2D eigenvalue weighted by Crippen LogP contribution is -2.31. The summed E-state index contributed by atoms with van der Waals surface area (Å²) < 4.78 is 41.2. The minimum atomic E-state index is -4.41. The van der Waals surface area contributed by atoms with E-state index in [1.807, 2.05) is 12.2 Å². The van der Waals surface area contributed by atoms with Crippen LogP contribution in [-0.4, -0.2) is 11.1 Å². The lowest BCUT2D eigenvalue weighted by molar-refractivity contribution is -0.138. The van der Waals surface area contributed by atoms with Crippen LogP contribution >= 0.6 is 0 Å². The highest BCUT2D eigenvalue weighted by Gasteiger charge is 2.44. The molecule has 0 aromatic heterocycles. The number of halogens is 3. The number of benzene rings is 2. The van der Waals surface area contributed by atoms with Gasteiger partial charge in [-0.1, -0.05) is 30.4 Å². The number of carbonyl (C=O) groups is 1. The molecular formula is C21H18F3NO2. The molecule has 2 aromatic rings. The molecule has 27 heavy (non-hydrogen) atoms. The molecule has 2 N–H and O–H groups in total. The van der Waals surface area contributed by atoms with Crippen molar-refractivity contribution in [2.45, 2.75) is 31.5 Å². The van der Waals surface area contributed by atoms with Crippen LogP contribution in [0.2, 0.25) is 0 Å². The SMILES string of the molecule is Cc1ccc2c(c1C(F)(F)F)[C@@H]1C=CC[C@@H]1[C@H](c1ccc(C(=O)O)cc1)N2. The molecule has 1 aliphatic carbocycles. The number of carboxylic acids is 1. The average molecular weight is 373 g/mol. The van der Waals surface area contributed by atoms with Gasteiger partial charge in [0.15, 0.2) is 0 Å². The van der Waals surface area contributed by atoms with E-state index < -0.39 is 17.7 Å². The maximum absolute atomic E-state index is 13.7. The zero-order valence-electron chi connectivity index (χ0n) is 14.5. The molecule has 2 aromatic carbocycles. The lowest BCUT2D eigenvalue weighted by atomic mass is 9.74. The van der Waals surface area contributed by atoms with Gasteiger partial charge in [-0.25, -0.2) is 4.79 Å². The van der Waals surface area contributed by atoms with Crippen molar-refractivity contribution in [2.24, 2.45) is 5.92 Å². The highest BCUT2D eigenvalue weighted by Crippen LogP contribution is 2.53.